The third-order valence-electron chi connectivity index (χ3n) is 5.70. The molecule has 1 aliphatic carbocycles. The lowest BCUT2D eigenvalue weighted by molar-refractivity contribution is -0.140. The molecule has 0 fully saturated rings. The van der Waals surface area contributed by atoms with Crippen molar-refractivity contribution < 1.29 is 33.0 Å². The number of aromatic nitrogens is 2. The number of ether oxygens (including phenoxy) is 1. The molecule has 0 saturated carbocycles. The summed E-state index contributed by atoms with van der Waals surface area (Å²) in [5.74, 6) is -2.59. The average Bonchev–Trinajstić information content (AvgIpc) is 3.34. The topological polar surface area (TPSA) is 123 Å². The number of carboxylic acids is 1. The van der Waals surface area contributed by atoms with Gasteiger partial charge >= 0.3 is 12.1 Å². The highest BCUT2D eigenvalue weighted by Crippen LogP contribution is 2.44. The molecule has 0 spiro atoms. The van der Waals surface area contributed by atoms with Crippen LogP contribution in [0.1, 0.15) is 34.0 Å². The summed E-state index contributed by atoms with van der Waals surface area (Å²) in [6.07, 6.45) is -4.73. The Bertz CT molecular complexity index is 1230. The van der Waals surface area contributed by atoms with Crippen LogP contribution in [0.2, 0.25) is 0 Å². The summed E-state index contributed by atoms with van der Waals surface area (Å²) in [6, 6.07) is 15.2. The number of anilines is 1. The van der Waals surface area contributed by atoms with Crippen LogP contribution in [0.4, 0.5) is 19.4 Å². The van der Waals surface area contributed by atoms with E-state index in [1.807, 2.05) is 53.8 Å². The van der Waals surface area contributed by atoms with Gasteiger partial charge in [0, 0.05) is 25.5 Å². The number of carbonyl (C=O) groups is 3. The van der Waals surface area contributed by atoms with E-state index >= 15 is 0 Å². The Morgan fingerprint density at radius 3 is 2.26 bits per heavy atom. The van der Waals surface area contributed by atoms with Crippen molar-refractivity contribution in [3.63, 3.8) is 0 Å². The number of benzene rings is 2. The Kier molecular flexibility index (Phi) is 6.76. The number of carboxylic acid groups (broad SMARTS) is 1. The van der Waals surface area contributed by atoms with Crippen LogP contribution in [-0.4, -0.2) is 51.9 Å². The van der Waals surface area contributed by atoms with Gasteiger partial charge in [0.1, 0.15) is 18.5 Å². The van der Waals surface area contributed by atoms with Gasteiger partial charge in [0.2, 0.25) is 6.43 Å². The number of nitrogens with one attached hydrogen (secondary N) is 2. The quantitative estimate of drug-likeness (QED) is 0.449. The van der Waals surface area contributed by atoms with Crippen LogP contribution < -0.4 is 10.6 Å². The van der Waals surface area contributed by atoms with E-state index in [4.69, 9.17) is 9.84 Å². The first kappa shape index (κ1) is 23.9. The molecule has 0 saturated heterocycles. The zero-order chi connectivity index (χ0) is 25.1. The van der Waals surface area contributed by atoms with Gasteiger partial charge < -0.3 is 15.2 Å². The molecule has 9 nitrogen and oxygen atoms in total. The highest BCUT2D eigenvalue weighted by atomic mass is 19.3. The number of hydrogen-bond acceptors (Lipinski definition) is 5. The van der Waals surface area contributed by atoms with Crippen molar-refractivity contribution in [2.24, 2.45) is 7.05 Å². The summed E-state index contributed by atoms with van der Waals surface area (Å²) >= 11 is 0. The molecular formula is C24H22F2N4O5. The molecule has 1 aromatic heterocycles. The lowest BCUT2D eigenvalue weighted by Crippen LogP contribution is -2.42. The van der Waals surface area contributed by atoms with E-state index in [0.29, 0.717) is 0 Å². The van der Waals surface area contributed by atoms with Crippen LogP contribution in [0.3, 0.4) is 0 Å². The van der Waals surface area contributed by atoms with Crippen LogP contribution in [0.15, 0.2) is 54.6 Å². The number of aliphatic carboxylic acids is 1. The van der Waals surface area contributed by atoms with E-state index in [2.05, 4.69) is 10.4 Å². The van der Waals surface area contributed by atoms with Crippen molar-refractivity contribution in [1.82, 2.24) is 15.1 Å². The summed E-state index contributed by atoms with van der Waals surface area (Å²) in [5, 5.41) is 17.4. The van der Waals surface area contributed by atoms with Gasteiger partial charge in [-0.25, -0.2) is 18.4 Å². The maximum Gasteiger partial charge on any atom is 0.412 e. The molecule has 2 aromatic carbocycles. The number of rotatable bonds is 8. The zero-order valence-electron chi connectivity index (χ0n) is 18.6. The molecule has 1 heterocycles. The Hall–Kier alpha value is -4.28. The van der Waals surface area contributed by atoms with E-state index in [9.17, 15) is 23.2 Å². The Morgan fingerprint density at radius 1 is 1.09 bits per heavy atom. The number of amides is 2. The Morgan fingerprint density at radius 2 is 1.69 bits per heavy atom. The highest BCUT2D eigenvalue weighted by Gasteiger charge is 2.29. The minimum Gasteiger partial charge on any atom is -0.480 e. The number of hydrogen-bond donors (Lipinski definition) is 3. The minimum atomic E-state index is -2.91. The fraction of sp³-hybridized carbons (Fsp3) is 0.250. The molecule has 0 radical (unpaired) electrons. The van der Waals surface area contributed by atoms with Gasteiger partial charge in [-0.15, -0.1) is 0 Å². The van der Waals surface area contributed by atoms with E-state index < -0.39 is 36.9 Å². The SMILES string of the molecule is Cn1nc(C(=O)NC(CC(F)F)C(=O)O)cc1NC(=O)OCC1c2ccccc2-c2ccccc21. The molecule has 1 unspecified atom stereocenters. The van der Waals surface area contributed by atoms with E-state index in [-0.39, 0.29) is 24.0 Å². The molecule has 2 amide bonds. The summed E-state index contributed by atoms with van der Waals surface area (Å²) < 4.78 is 31.8. The summed E-state index contributed by atoms with van der Waals surface area (Å²) in [6.45, 7) is 0.0823. The molecule has 4 rings (SSSR count). The Labute approximate surface area is 198 Å². The molecule has 1 atom stereocenters. The van der Waals surface area contributed by atoms with Crippen molar-refractivity contribution >= 4 is 23.8 Å². The van der Waals surface area contributed by atoms with Gasteiger partial charge in [-0.05, 0) is 22.3 Å². The molecule has 182 valence electrons. The highest BCUT2D eigenvalue weighted by molar-refractivity contribution is 5.96. The summed E-state index contributed by atoms with van der Waals surface area (Å²) in [4.78, 5) is 35.9. The maximum atomic E-state index is 12.6. The fourth-order valence-corrected chi connectivity index (χ4v) is 4.07. The van der Waals surface area contributed by atoms with E-state index in [1.165, 1.54) is 17.8 Å². The minimum absolute atomic E-state index is 0.0823. The van der Waals surface area contributed by atoms with Gasteiger partial charge in [0.05, 0.1) is 0 Å². The lowest BCUT2D eigenvalue weighted by atomic mass is 9.98. The molecule has 0 aliphatic heterocycles. The zero-order valence-corrected chi connectivity index (χ0v) is 18.6. The monoisotopic (exact) mass is 484 g/mol. The van der Waals surface area contributed by atoms with Gasteiger partial charge in [-0.1, -0.05) is 48.5 Å². The van der Waals surface area contributed by atoms with Crippen LogP contribution in [0.5, 0.6) is 0 Å². The van der Waals surface area contributed by atoms with Gasteiger partial charge in [0.15, 0.2) is 5.69 Å². The van der Waals surface area contributed by atoms with E-state index in [1.54, 1.807) is 0 Å². The van der Waals surface area contributed by atoms with E-state index in [0.717, 1.165) is 22.3 Å². The van der Waals surface area contributed by atoms with Gasteiger partial charge in [0.25, 0.3) is 5.91 Å². The van der Waals surface area contributed by atoms with Crippen LogP contribution >= 0.6 is 0 Å². The first-order chi connectivity index (χ1) is 16.7. The largest absolute Gasteiger partial charge is 0.480 e. The predicted octanol–water partition coefficient (Wildman–Crippen LogP) is 3.62. The molecular weight excluding hydrogens is 462 g/mol. The number of nitrogens with zero attached hydrogens (tertiary/aromatic N) is 2. The molecule has 3 aromatic rings. The molecule has 0 bridgehead atoms. The number of halogens is 2. The molecule has 11 heteroatoms. The first-order valence-electron chi connectivity index (χ1n) is 10.7. The number of aryl methyl sites for hydroxylation is 1. The van der Waals surface area contributed by atoms with Crippen LogP contribution in [0.25, 0.3) is 11.1 Å². The third-order valence-corrected chi connectivity index (χ3v) is 5.70. The maximum absolute atomic E-state index is 12.6. The van der Waals surface area contributed by atoms with Crippen molar-refractivity contribution in [3.8, 4) is 11.1 Å². The predicted molar refractivity (Wildman–Crippen MR) is 121 cm³/mol. The Balaban J connectivity index is 1.40. The summed E-state index contributed by atoms with van der Waals surface area (Å²) in [5.41, 5.74) is 4.04. The second kappa shape index (κ2) is 9.92. The van der Waals surface area contributed by atoms with Crippen molar-refractivity contribution in [2.75, 3.05) is 11.9 Å². The lowest BCUT2D eigenvalue weighted by Gasteiger charge is -2.14. The average molecular weight is 484 g/mol. The van der Waals surface area contributed by atoms with Gasteiger partial charge in [-0.3, -0.25) is 14.8 Å². The van der Waals surface area contributed by atoms with Gasteiger partial charge in [-0.2, -0.15) is 5.10 Å². The smallest absolute Gasteiger partial charge is 0.412 e. The standard InChI is InChI=1S/C24H22F2N4O5/c1-30-21(11-18(29-30)22(31)27-19(23(32)33)10-20(25)26)28-24(34)35-12-17-15-8-4-2-6-13(15)14-7-3-5-9-16(14)17/h2-9,11,17,19-20H,10,12H2,1H3,(H,27,31)(H,28,34)(H,32,33). The molecule has 3 N–H and O–H groups in total. The second-order valence-corrected chi connectivity index (χ2v) is 7.98. The van der Waals surface area contributed by atoms with Crippen LogP contribution in [-0.2, 0) is 16.6 Å². The molecule has 35 heavy (non-hydrogen) atoms. The fourth-order valence-electron chi connectivity index (χ4n) is 4.07. The number of carbonyl (C=O) groups excluding carboxylic acids is 2. The van der Waals surface area contributed by atoms with Crippen molar-refractivity contribution in [3.05, 3.63) is 71.4 Å². The third kappa shape index (κ3) is 5.13. The number of alkyl halides is 2. The van der Waals surface area contributed by atoms with Crippen LogP contribution in [0, 0.1) is 0 Å². The summed E-state index contributed by atoms with van der Waals surface area (Å²) in [7, 11) is 1.45. The normalized spacial score (nSPS) is 13.1. The first-order valence-corrected chi connectivity index (χ1v) is 10.7. The second-order valence-electron chi connectivity index (χ2n) is 7.98. The van der Waals surface area contributed by atoms with Crippen molar-refractivity contribution in [1.29, 1.82) is 0 Å². The number of fused-ring (bicyclic) bond motifs is 3. The van der Waals surface area contributed by atoms with Crippen molar-refractivity contribution in [2.45, 2.75) is 24.8 Å². The molecule has 1 aliphatic rings.